The van der Waals surface area contributed by atoms with Crippen LogP contribution in [0.4, 0.5) is 13.2 Å². The maximum Gasteiger partial charge on any atom is 0.434 e. The molecule has 0 spiro atoms. The lowest BCUT2D eigenvalue weighted by molar-refractivity contribution is -0.140. The van der Waals surface area contributed by atoms with Gasteiger partial charge in [-0.2, -0.15) is 18.3 Å². The summed E-state index contributed by atoms with van der Waals surface area (Å²) in [5.74, 6) is 1.31. The van der Waals surface area contributed by atoms with Crippen molar-refractivity contribution >= 4 is 17.3 Å². The second-order valence-corrected chi connectivity index (χ2v) is 10.5. The van der Waals surface area contributed by atoms with Crippen molar-refractivity contribution in [1.29, 1.82) is 0 Å². The van der Waals surface area contributed by atoms with Gasteiger partial charge >= 0.3 is 6.18 Å². The van der Waals surface area contributed by atoms with Crippen molar-refractivity contribution in [2.75, 3.05) is 7.11 Å². The Kier molecular flexibility index (Phi) is 6.95. The van der Waals surface area contributed by atoms with Crippen molar-refractivity contribution in [3.8, 4) is 28.7 Å². The minimum atomic E-state index is -4.57. The molecule has 6 rings (SSSR count). The summed E-state index contributed by atoms with van der Waals surface area (Å²) in [6, 6.07) is 4.96. The van der Waals surface area contributed by atoms with Crippen LogP contribution in [-0.4, -0.2) is 52.7 Å². The largest absolute Gasteiger partial charge is 0.480 e. The van der Waals surface area contributed by atoms with Crippen molar-refractivity contribution < 1.29 is 22.7 Å². The fourth-order valence-electron chi connectivity index (χ4n) is 5.01. The van der Waals surface area contributed by atoms with Gasteiger partial charge in [0.1, 0.15) is 24.0 Å². The van der Waals surface area contributed by atoms with Crippen molar-refractivity contribution in [2.45, 2.75) is 57.8 Å². The molecular weight excluding hydrogens is 549 g/mol. The van der Waals surface area contributed by atoms with Gasteiger partial charge in [0.25, 0.3) is 0 Å². The molecular formula is C29H27F3N8O2. The van der Waals surface area contributed by atoms with Crippen LogP contribution in [0.25, 0.3) is 33.8 Å². The zero-order valence-electron chi connectivity index (χ0n) is 23.1. The van der Waals surface area contributed by atoms with E-state index in [0.29, 0.717) is 40.0 Å². The fraction of sp³-hybridized carbons (Fsp3) is 0.345. The molecule has 0 unspecified atom stereocenters. The van der Waals surface area contributed by atoms with Gasteiger partial charge in [-0.1, -0.05) is 12.1 Å². The van der Waals surface area contributed by atoms with Crippen LogP contribution in [0.15, 0.2) is 43.1 Å². The first-order valence-electron chi connectivity index (χ1n) is 13.5. The molecule has 1 aliphatic carbocycles. The smallest absolute Gasteiger partial charge is 0.434 e. The first kappa shape index (κ1) is 27.5. The highest BCUT2D eigenvalue weighted by Crippen LogP contribution is 2.45. The summed E-state index contributed by atoms with van der Waals surface area (Å²) < 4.78 is 49.1. The average Bonchev–Trinajstić information content (AvgIpc) is 3.58. The van der Waals surface area contributed by atoms with Gasteiger partial charge in [-0.05, 0) is 43.9 Å². The van der Waals surface area contributed by atoms with Crippen LogP contribution in [0.2, 0.25) is 0 Å². The maximum absolute atomic E-state index is 13.5. The molecule has 4 aromatic heterocycles. The summed E-state index contributed by atoms with van der Waals surface area (Å²) in [7, 11) is 1.54. The van der Waals surface area contributed by atoms with Crippen LogP contribution in [0.5, 0.6) is 5.88 Å². The summed E-state index contributed by atoms with van der Waals surface area (Å²) in [5.41, 5.74) is 3.02. The van der Waals surface area contributed by atoms with Gasteiger partial charge in [0.2, 0.25) is 5.88 Å². The van der Waals surface area contributed by atoms with Crippen LogP contribution in [-0.2, 0) is 23.9 Å². The third-order valence-electron chi connectivity index (χ3n) is 7.27. The Bertz CT molecular complexity index is 1790. The number of aromatic nitrogens is 8. The SMILES string of the molecule is COc1ncnc(C2CC2)c1-c1ncc2cnn(Cc3ccc(-c4nc(C(F)(F)F)cn4C(C)C)cc3CC=O)c2n1. The van der Waals surface area contributed by atoms with E-state index < -0.39 is 11.9 Å². The molecule has 0 aliphatic heterocycles. The number of carbonyl (C=O) groups is 1. The van der Waals surface area contributed by atoms with Crippen LogP contribution in [0.1, 0.15) is 61.2 Å². The first-order chi connectivity index (χ1) is 20.2. The lowest BCUT2D eigenvalue weighted by atomic mass is 10.0. The van der Waals surface area contributed by atoms with E-state index >= 15 is 0 Å². The molecule has 0 amide bonds. The minimum absolute atomic E-state index is 0.0699. The molecule has 13 heteroatoms. The molecule has 0 radical (unpaired) electrons. The molecule has 0 N–H and O–H groups in total. The summed E-state index contributed by atoms with van der Waals surface area (Å²) in [5, 5.41) is 5.23. The Morgan fingerprint density at radius 3 is 2.60 bits per heavy atom. The van der Waals surface area contributed by atoms with Crippen LogP contribution < -0.4 is 4.74 Å². The quantitative estimate of drug-likeness (QED) is 0.214. The molecule has 1 aliphatic rings. The van der Waals surface area contributed by atoms with Gasteiger partial charge in [0.15, 0.2) is 17.2 Å². The van der Waals surface area contributed by atoms with Crippen molar-refractivity contribution in [3.05, 3.63) is 65.6 Å². The third-order valence-corrected chi connectivity index (χ3v) is 7.27. The molecule has 0 saturated heterocycles. The van der Waals surface area contributed by atoms with E-state index in [9.17, 15) is 18.0 Å². The fourth-order valence-corrected chi connectivity index (χ4v) is 5.01. The number of halogens is 3. The van der Waals surface area contributed by atoms with Gasteiger partial charge in [-0.3, -0.25) is 0 Å². The number of hydrogen-bond donors (Lipinski definition) is 0. The van der Waals surface area contributed by atoms with Crippen molar-refractivity contribution in [3.63, 3.8) is 0 Å². The van der Waals surface area contributed by atoms with Crippen LogP contribution in [0, 0.1) is 0 Å². The lowest BCUT2D eigenvalue weighted by Crippen LogP contribution is -2.08. The number of fused-ring (bicyclic) bond motifs is 1. The molecule has 216 valence electrons. The zero-order chi connectivity index (χ0) is 29.6. The first-order valence-corrected chi connectivity index (χ1v) is 13.5. The lowest BCUT2D eigenvalue weighted by Gasteiger charge is -2.14. The number of methoxy groups -OCH3 is 1. The van der Waals surface area contributed by atoms with Gasteiger partial charge in [-0.15, -0.1) is 0 Å². The van der Waals surface area contributed by atoms with Gasteiger partial charge in [0, 0.05) is 36.3 Å². The molecule has 1 saturated carbocycles. The topological polar surface area (TPSA) is 113 Å². The van der Waals surface area contributed by atoms with Gasteiger partial charge < -0.3 is 14.1 Å². The maximum atomic E-state index is 13.5. The number of imidazole rings is 1. The number of alkyl halides is 3. The molecule has 1 fully saturated rings. The monoisotopic (exact) mass is 576 g/mol. The van der Waals surface area contributed by atoms with E-state index in [1.807, 2.05) is 0 Å². The van der Waals surface area contributed by atoms with Crippen molar-refractivity contribution in [2.24, 2.45) is 0 Å². The number of nitrogens with zero attached hydrogens (tertiary/aromatic N) is 8. The number of rotatable bonds is 9. The molecule has 0 bridgehead atoms. The molecule has 4 heterocycles. The molecule has 1 aromatic carbocycles. The van der Waals surface area contributed by atoms with E-state index in [1.165, 1.54) is 10.9 Å². The van der Waals surface area contributed by atoms with Crippen LogP contribution >= 0.6 is 0 Å². The normalized spacial score (nSPS) is 13.7. The summed E-state index contributed by atoms with van der Waals surface area (Å²) in [4.78, 5) is 33.6. The van der Waals surface area contributed by atoms with E-state index in [2.05, 4.69) is 25.0 Å². The van der Waals surface area contributed by atoms with E-state index in [1.54, 1.807) is 56.2 Å². The average molecular weight is 577 g/mol. The molecule has 10 nitrogen and oxygen atoms in total. The Hall–Kier alpha value is -4.68. The zero-order valence-corrected chi connectivity index (χ0v) is 23.1. The highest BCUT2D eigenvalue weighted by atomic mass is 19.4. The van der Waals surface area contributed by atoms with E-state index in [-0.39, 0.29) is 24.8 Å². The molecule has 42 heavy (non-hydrogen) atoms. The standard InChI is InChI=1S/C29H27F3N8O2/c1-16(2)39-14-22(29(30,31)32)37-26(39)19-6-7-20(18(10-19)8-9-41)13-40-27-21(12-36-40)11-33-25(38-27)23-24(17-4-5-17)34-15-35-28(23)42-3/h6-7,9-12,14-17H,4-5,8,13H2,1-3H3. The minimum Gasteiger partial charge on any atom is -0.480 e. The predicted octanol–water partition coefficient (Wildman–Crippen LogP) is 5.42. The second kappa shape index (κ2) is 10.6. The summed E-state index contributed by atoms with van der Waals surface area (Å²) in [6.07, 6.45) is 4.15. The van der Waals surface area contributed by atoms with Gasteiger partial charge in [-0.25, -0.2) is 29.6 Å². The van der Waals surface area contributed by atoms with E-state index in [0.717, 1.165) is 42.0 Å². The number of benzene rings is 1. The number of carbonyl (C=O) groups excluding carboxylic acids is 1. The Morgan fingerprint density at radius 1 is 1.10 bits per heavy atom. The highest BCUT2D eigenvalue weighted by Gasteiger charge is 2.35. The Morgan fingerprint density at radius 2 is 1.90 bits per heavy atom. The number of ether oxygens (including phenoxy) is 1. The second-order valence-electron chi connectivity index (χ2n) is 10.5. The molecule has 0 atom stereocenters. The van der Waals surface area contributed by atoms with Crippen LogP contribution in [0.3, 0.4) is 0 Å². The third kappa shape index (κ3) is 5.10. The summed E-state index contributed by atoms with van der Waals surface area (Å²) >= 11 is 0. The Balaban J connectivity index is 1.39. The number of hydrogen-bond acceptors (Lipinski definition) is 8. The van der Waals surface area contributed by atoms with Crippen molar-refractivity contribution in [1.82, 2.24) is 39.3 Å². The predicted molar refractivity (Wildman–Crippen MR) is 147 cm³/mol. The molecule has 5 aromatic rings. The van der Waals surface area contributed by atoms with E-state index in [4.69, 9.17) is 9.72 Å². The number of aldehydes is 1. The Labute approximate surface area is 238 Å². The summed E-state index contributed by atoms with van der Waals surface area (Å²) in [6.45, 7) is 3.85. The van der Waals surface area contributed by atoms with Gasteiger partial charge in [0.05, 0.1) is 30.9 Å². The highest BCUT2D eigenvalue weighted by molar-refractivity contribution is 5.77.